The Morgan fingerprint density at radius 3 is 2.63 bits per heavy atom. The summed E-state index contributed by atoms with van der Waals surface area (Å²) in [5, 5.41) is 11.9. The summed E-state index contributed by atoms with van der Waals surface area (Å²) in [5.74, 6) is -1.07. The zero-order valence-electron chi connectivity index (χ0n) is 10.5. The lowest BCUT2D eigenvalue weighted by molar-refractivity contribution is 0.0698. The van der Waals surface area contributed by atoms with E-state index in [1.54, 1.807) is 12.1 Å². The minimum absolute atomic E-state index is 0.0936. The molecule has 0 heterocycles. The summed E-state index contributed by atoms with van der Waals surface area (Å²) in [6.07, 6.45) is 1.62. The van der Waals surface area contributed by atoms with Crippen molar-refractivity contribution >= 4 is 27.4 Å². The Morgan fingerprint density at radius 1 is 1.37 bits per heavy atom. The molecule has 106 valence electrons. The Labute approximate surface area is 111 Å². The molecule has 0 saturated carbocycles. The highest BCUT2D eigenvalue weighted by molar-refractivity contribution is 7.88. The van der Waals surface area contributed by atoms with Crippen molar-refractivity contribution in [3.05, 3.63) is 23.8 Å². The summed E-state index contributed by atoms with van der Waals surface area (Å²) in [6, 6.07) is 4.56. The predicted octanol–water partition coefficient (Wildman–Crippen LogP) is 0.318. The minimum atomic E-state index is -3.18. The molecule has 0 aliphatic carbocycles. The quantitative estimate of drug-likeness (QED) is 0.423. The van der Waals surface area contributed by atoms with Crippen LogP contribution in [0.1, 0.15) is 16.8 Å². The van der Waals surface area contributed by atoms with Gasteiger partial charge in [-0.15, -0.1) is 0 Å². The SMILES string of the molecule is CS(=O)(=O)NCCCNc1ccc(N)cc1C(=O)O. The van der Waals surface area contributed by atoms with Crippen molar-refractivity contribution < 1.29 is 18.3 Å². The van der Waals surface area contributed by atoms with Crippen molar-refractivity contribution in [2.24, 2.45) is 0 Å². The summed E-state index contributed by atoms with van der Waals surface area (Å²) < 4.78 is 24.0. The van der Waals surface area contributed by atoms with E-state index in [1.807, 2.05) is 0 Å². The van der Waals surface area contributed by atoms with Crippen molar-refractivity contribution in [1.82, 2.24) is 4.72 Å². The van der Waals surface area contributed by atoms with E-state index < -0.39 is 16.0 Å². The van der Waals surface area contributed by atoms with Gasteiger partial charge in [-0.1, -0.05) is 0 Å². The van der Waals surface area contributed by atoms with Gasteiger partial charge >= 0.3 is 5.97 Å². The van der Waals surface area contributed by atoms with Gasteiger partial charge in [0, 0.05) is 24.5 Å². The fraction of sp³-hybridized carbons (Fsp3) is 0.364. The van der Waals surface area contributed by atoms with E-state index in [0.717, 1.165) is 6.26 Å². The topological polar surface area (TPSA) is 122 Å². The van der Waals surface area contributed by atoms with Gasteiger partial charge in [0.2, 0.25) is 10.0 Å². The van der Waals surface area contributed by atoms with Crippen LogP contribution >= 0.6 is 0 Å². The molecule has 0 atom stereocenters. The highest BCUT2D eigenvalue weighted by Crippen LogP contribution is 2.18. The Bertz CT molecular complexity index is 557. The van der Waals surface area contributed by atoms with Crippen molar-refractivity contribution in [1.29, 1.82) is 0 Å². The molecular formula is C11H17N3O4S. The molecule has 0 aliphatic rings. The zero-order chi connectivity index (χ0) is 14.5. The monoisotopic (exact) mass is 287 g/mol. The highest BCUT2D eigenvalue weighted by atomic mass is 32.2. The van der Waals surface area contributed by atoms with Crippen molar-refractivity contribution in [3.63, 3.8) is 0 Å². The number of benzene rings is 1. The van der Waals surface area contributed by atoms with Gasteiger partial charge in [0.1, 0.15) is 0 Å². The first-order chi connectivity index (χ1) is 8.79. The molecule has 0 amide bonds. The number of carbonyl (C=O) groups is 1. The highest BCUT2D eigenvalue weighted by Gasteiger charge is 2.09. The molecule has 5 N–H and O–H groups in total. The largest absolute Gasteiger partial charge is 0.478 e. The molecule has 1 aromatic rings. The fourth-order valence-electron chi connectivity index (χ4n) is 1.46. The van der Waals surface area contributed by atoms with E-state index in [4.69, 9.17) is 10.8 Å². The Morgan fingerprint density at radius 2 is 2.05 bits per heavy atom. The number of nitrogens with two attached hydrogens (primary N) is 1. The first-order valence-electron chi connectivity index (χ1n) is 5.61. The summed E-state index contributed by atoms with van der Waals surface area (Å²) in [6.45, 7) is 0.746. The molecule has 0 aliphatic heterocycles. The van der Waals surface area contributed by atoms with E-state index in [1.165, 1.54) is 6.07 Å². The van der Waals surface area contributed by atoms with Gasteiger partial charge < -0.3 is 16.2 Å². The molecule has 0 saturated heterocycles. The third-order valence-corrected chi connectivity index (χ3v) is 3.04. The number of nitrogens with one attached hydrogen (secondary N) is 2. The minimum Gasteiger partial charge on any atom is -0.478 e. The van der Waals surface area contributed by atoms with Crippen LogP contribution in [0.3, 0.4) is 0 Å². The number of rotatable bonds is 7. The third kappa shape index (κ3) is 5.58. The number of anilines is 2. The van der Waals surface area contributed by atoms with Gasteiger partial charge in [0.25, 0.3) is 0 Å². The number of nitrogen functional groups attached to an aromatic ring is 1. The van der Waals surface area contributed by atoms with E-state index in [0.29, 0.717) is 30.9 Å². The van der Waals surface area contributed by atoms with Crippen LogP contribution in [0.2, 0.25) is 0 Å². The molecule has 1 aromatic carbocycles. The number of sulfonamides is 1. The molecule has 1 rings (SSSR count). The molecule has 8 heteroatoms. The van der Waals surface area contributed by atoms with Crippen LogP contribution in [-0.2, 0) is 10.0 Å². The second-order valence-electron chi connectivity index (χ2n) is 4.06. The Hall–Kier alpha value is -1.80. The van der Waals surface area contributed by atoms with Crippen molar-refractivity contribution in [3.8, 4) is 0 Å². The summed E-state index contributed by atoms with van der Waals surface area (Å²) in [7, 11) is -3.18. The number of hydrogen-bond acceptors (Lipinski definition) is 5. The molecule has 0 unspecified atom stereocenters. The van der Waals surface area contributed by atoms with Crippen molar-refractivity contribution in [2.75, 3.05) is 30.4 Å². The molecule has 0 spiro atoms. The van der Waals surface area contributed by atoms with Crippen LogP contribution in [0.25, 0.3) is 0 Å². The lowest BCUT2D eigenvalue weighted by atomic mass is 10.1. The van der Waals surface area contributed by atoms with Crippen LogP contribution < -0.4 is 15.8 Å². The average Bonchev–Trinajstić information content (AvgIpc) is 2.28. The van der Waals surface area contributed by atoms with Crippen LogP contribution in [0, 0.1) is 0 Å². The Kier molecular flexibility index (Phi) is 5.13. The standard InChI is InChI=1S/C11H17N3O4S/c1-19(17,18)14-6-2-5-13-10-4-3-8(12)7-9(10)11(15)16/h3-4,7,13-14H,2,5-6,12H2,1H3,(H,15,16). The normalized spacial score (nSPS) is 11.2. The van der Waals surface area contributed by atoms with Crippen LogP contribution in [0.4, 0.5) is 11.4 Å². The summed E-state index contributed by atoms with van der Waals surface area (Å²) in [4.78, 5) is 11.0. The fourth-order valence-corrected chi connectivity index (χ4v) is 1.98. The summed E-state index contributed by atoms with van der Waals surface area (Å²) in [5.41, 5.74) is 6.45. The van der Waals surface area contributed by atoms with Crippen molar-refractivity contribution in [2.45, 2.75) is 6.42 Å². The van der Waals surface area contributed by atoms with Gasteiger partial charge in [-0.05, 0) is 24.6 Å². The van der Waals surface area contributed by atoms with Gasteiger partial charge in [-0.3, -0.25) is 0 Å². The van der Waals surface area contributed by atoms with Gasteiger partial charge in [-0.2, -0.15) is 0 Å². The number of carboxylic acid groups (broad SMARTS) is 1. The number of carboxylic acids is 1. The van der Waals surface area contributed by atoms with E-state index in [9.17, 15) is 13.2 Å². The van der Waals surface area contributed by atoms with Crippen LogP contribution in [0.15, 0.2) is 18.2 Å². The lowest BCUT2D eigenvalue weighted by Crippen LogP contribution is -2.24. The lowest BCUT2D eigenvalue weighted by Gasteiger charge is -2.10. The second-order valence-corrected chi connectivity index (χ2v) is 5.89. The maximum absolute atomic E-state index is 11.0. The second kappa shape index (κ2) is 6.39. The number of hydrogen-bond donors (Lipinski definition) is 4. The number of aromatic carboxylic acids is 1. The van der Waals surface area contributed by atoms with Crippen LogP contribution in [-0.4, -0.2) is 38.8 Å². The van der Waals surface area contributed by atoms with Gasteiger partial charge in [0.05, 0.1) is 11.8 Å². The summed E-state index contributed by atoms with van der Waals surface area (Å²) >= 11 is 0. The van der Waals surface area contributed by atoms with Gasteiger partial charge in [0.15, 0.2) is 0 Å². The Balaban J connectivity index is 2.52. The average molecular weight is 287 g/mol. The molecule has 0 aromatic heterocycles. The smallest absolute Gasteiger partial charge is 0.337 e. The van der Waals surface area contributed by atoms with E-state index in [-0.39, 0.29) is 5.56 Å². The van der Waals surface area contributed by atoms with E-state index in [2.05, 4.69) is 10.0 Å². The molecule has 19 heavy (non-hydrogen) atoms. The van der Waals surface area contributed by atoms with Crippen LogP contribution in [0.5, 0.6) is 0 Å². The molecular weight excluding hydrogens is 270 g/mol. The molecule has 7 nitrogen and oxygen atoms in total. The first-order valence-corrected chi connectivity index (χ1v) is 7.50. The third-order valence-electron chi connectivity index (χ3n) is 2.31. The molecule has 0 bridgehead atoms. The molecule has 0 fully saturated rings. The first kappa shape index (κ1) is 15.3. The van der Waals surface area contributed by atoms with E-state index >= 15 is 0 Å². The maximum atomic E-state index is 11.0. The maximum Gasteiger partial charge on any atom is 0.337 e. The van der Waals surface area contributed by atoms with Gasteiger partial charge in [-0.25, -0.2) is 17.9 Å². The predicted molar refractivity (Wildman–Crippen MR) is 73.8 cm³/mol. The zero-order valence-corrected chi connectivity index (χ0v) is 11.3. The molecule has 0 radical (unpaired) electrons.